The summed E-state index contributed by atoms with van der Waals surface area (Å²) in [5.41, 5.74) is 5.57. The van der Waals surface area contributed by atoms with Crippen LogP contribution < -0.4 is 10.1 Å². The Bertz CT molecular complexity index is 1540. The molecule has 0 saturated carbocycles. The highest BCUT2D eigenvalue weighted by Gasteiger charge is 2.46. The van der Waals surface area contributed by atoms with Crippen LogP contribution in [0.5, 0.6) is 5.75 Å². The maximum absolute atomic E-state index is 13.6. The Labute approximate surface area is 223 Å². The van der Waals surface area contributed by atoms with Crippen LogP contribution in [-0.2, 0) is 4.79 Å². The first-order valence-corrected chi connectivity index (χ1v) is 13.0. The number of dihydropyridines is 1. The first kappa shape index (κ1) is 23.6. The van der Waals surface area contributed by atoms with E-state index in [0.717, 1.165) is 33.4 Å². The third-order valence-electron chi connectivity index (χ3n) is 7.23. The minimum Gasteiger partial charge on any atom is -0.423 e. The molecule has 0 bridgehead atoms. The van der Waals surface area contributed by atoms with Crippen LogP contribution in [0.25, 0.3) is 5.70 Å². The molecule has 1 atom stereocenters. The maximum atomic E-state index is 13.6. The van der Waals surface area contributed by atoms with Gasteiger partial charge in [-0.1, -0.05) is 66.2 Å². The number of esters is 1. The molecule has 2 aliphatic carbocycles. The van der Waals surface area contributed by atoms with Crippen LogP contribution in [0.2, 0.25) is 0 Å². The molecule has 0 fully saturated rings. The predicted octanol–water partition coefficient (Wildman–Crippen LogP) is 6.61. The molecule has 6 rings (SSSR count). The quantitative estimate of drug-likeness (QED) is 0.292. The Morgan fingerprint density at radius 3 is 2.27 bits per heavy atom. The van der Waals surface area contributed by atoms with Crippen molar-refractivity contribution in [2.45, 2.75) is 32.6 Å². The minimum atomic E-state index is -0.481. The van der Waals surface area contributed by atoms with E-state index >= 15 is 0 Å². The normalized spacial score (nSPS) is 19.7. The molecule has 1 N–H and O–H groups in total. The third-order valence-corrected chi connectivity index (χ3v) is 7.76. The van der Waals surface area contributed by atoms with Crippen LogP contribution in [0.4, 0.5) is 0 Å². The SMILES string of the molecule is CC1(C)CC(=O)C2=C(C1)NC1=C(C(=O)c3ccccc31)C2c1ccc(OC(=O)c2ccc(Br)cc2)cc1. The number of hydrogen-bond acceptors (Lipinski definition) is 5. The van der Waals surface area contributed by atoms with Crippen molar-refractivity contribution in [3.8, 4) is 5.75 Å². The number of ether oxygens (including phenoxy) is 1. The van der Waals surface area contributed by atoms with E-state index in [4.69, 9.17) is 4.74 Å². The summed E-state index contributed by atoms with van der Waals surface area (Å²) in [7, 11) is 0. The maximum Gasteiger partial charge on any atom is 0.343 e. The summed E-state index contributed by atoms with van der Waals surface area (Å²) in [6.45, 7) is 4.19. The molecule has 3 aromatic rings. The second kappa shape index (κ2) is 8.67. The minimum absolute atomic E-state index is 0.0574. The molecule has 0 radical (unpaired) electrons. The van der Waals surface area contributed by atoms with E-state index in [1.165, 1.54) is 0 Å². The van der Waals surface area contributed by atoms with Crippen LogP contribution in [0.1, 0.15) is 64.4 Å². The van der Waals surface area contributed by atoms with E-state index in [1.807, 2.05) is 36.4 Å². The average Bonchev–Trinajstić information content (AvgIpc) is 3.15. The fourth-order valence-electron chi connectivity index (χ4n) is 5.60. The lowest BCUT2D eigenvalue weighted by Crippen LogP contribution is -2.37. The molecular weight excluding hydrogens is 530 g/mol. The summed E-state index contributed by atoms with van der Waals surface area (Å²) in [4.78, 5) is 39.7. The second-order valence-corrected chi connectivity index (χ2v) is 11.4. The molecule has 0 amide bonds. The van der Waals surface area contributed by atoms with E-state index in [9.17, 15) is 14.4 Å². The van der Waals surface area contributed by atoms with Gasteiger partial charge in [-0.3, -0.25) is 9.59 Å². The number of Topliss-reactive ketones (excluding diaryl/α,β-unsaturated/α-hetero) is 2. The molecular formula is C31H24BrNO4. The Balaban J connectivity index is 1.39. The number of carbonyl (C=O) groups excluding carboxylic acids is 3. The fraction of sp³-hybridized carbons (Fsp3) is 0.194. The van der Waals surface area contributed by atoms with Crippen molar-refractivity contribution in [1.29, 1.82) is 0 Å². The summed E-state index contributed by atoms with van der Waals surface area (Å²) in [5.74, 6) is -0.539. The second-order valence-electron chi connectivity index (χ2n) is 10.5. The zero-order chi connectivity index (χ0) is 25.9. The topological polar surface area (TPSA) is 72.5 Å². The van der Waals surface area contributed by atoms with Gasteiger partial charge in [-0.2, -0.15) is 0 Å². The summed E-state index contributed by atoms with van der Waals surface area (Å²) in [5, 5.41) is 3.49. The van der Waals surface area contributed by atoms with Gasteiger partial charge in [0.1, 0.15) is 5.75 Å². The molecule has 1 unspecified atom stereocenters. The largest absolute Gasteiger partial charge is 0.423 e. The van der Waals surface area contributed by atoms with E-state index in [0.29, 0.717) is 34.4 Å². The summed E-state index contributed by atoms with van der Waals surface area (Å²) >= 11 is 3.36. The Morgan fingerprint density at radius 2 is 1.57 bits per heavy atom. The Hall–Kier alpha value is -3.77. The molecule has 3 aliphatic rings. The van der Waals surface area contributed by atoms with Gasteiger partial charge in [0.2, 0.25) is 0 Å². The van der Waals surface area contributed by atoms with E-state index < -0.39 is 11.9 Å². The van der Waals surface area contributed by atoms with Crippen molar-refractivity contribution in [2.24, 2.45) is 5.41 Å². The van der Waals surface area contributed by atoms with E-state index in [2.05, 4.69) is 35.1 Å². The molecule has 0 saturated heterocycles. The molecule has 184 valence electrons. The average molecular weight is 554 g/mol. The van der Waals surface area contributed by atoms with Crippen molar-refractivity contribution < 1.29 is 19.1 Å². The van der Waals surface area contributed by atoms with E-state index in [-0.39, 0.29) is 17.0 Å². The van der Waals surface area contributed by atoms with Crippen molar-refractivity contribution in [1.82, 2.24) is 5.32 Å². The zero-order valence-corrected chi connectivity index (χ0v) is 22.0. The summed E-state index contributed by atoms with van der Waals surface area (Å²) in [6, 6.07) is 21.7. The Kier molecular flexibility index (Phi) is 5.53. The number of nitrogens with one attached hydrogen (secondary N) is 1. The number of carbonyl (C=O) groups is 3. The molecule has 0 aromatic heterocycles. The molecule has 37 heavy (non-hydrogen) atoms. The molecule has 6 heteroatoms. The van der Waals surface area contributed by atoms with Gasteiger partial charge in [0.15, 0.2) is 11.6 Å². The van der Waals surface area contributed by atoms with Crippen molar-refractivity contribution in [3.63, 3.8) is 0 Å². The van der Waals surface area contributed by atoms with Crippen LogP contribution in [0, 0.1) is 5.41 Å². The molecule has 5 nitrogen and oxygen atoms in total. The highest BCUT2D eigenvalue weighted by Crippen LogP contribution is 2.51. The van der Waals surface area contributed by atoms with Crippen molar-refractivity contribution in [3.05, 3.63) is 116 Å². The van der Waals surface area contributed by atoms with E-state index in [1.54, 1.807) is 36.4 Å². The number of allylic oxidation sites excluding steroid dienone is 3. The van der Waals surface area contributed by atoms with Gasteiger partial charge in [0, 0.05) is 44.8 Å². The molecule has 1 aliphatic heterocycles. The van der Waals surface area contributed by atoms with Gasteiger partial charge in [-0.05, 0) is 53.8 Å². The summed E-state index contributed by atoms with van der Waals surface area (Å²) in [6.07, 6.45) is 1.15. The third kappa shape index (κ3) is 4.05. The van der Waals surface area contributed by atoms with Crippen LogP contribution in [0.3, 0.4) is 0 Å². The van der Waals surface area contributed by atoms with Gasteiger partial charge >= 0.3 is 5.97 Å². The fourth-order valence-corrected chi connectivity index (χ4v) is 5.87. The van der Waals surface area contributed by atoms with Gasteiger partial charge < -0.3 is 10.1 Å². The number of halogens is 1. The van der Waals surface area contributed by atoms with Gasteiger partial charge in [0.25, 0.3) is 0 Å². The first-order chi connectivity index (χ1) is 17.7. The van der Waals surface area contributed by atoms with Crippen molar-refractivity contribution in [2.75, 3.05) is 0 Å². The van der Waals surface area contributed by atoms with Crippen LogP contribution in [-0.4, -0.2) is 17.5 Å². The molecule has 1 heterocycles. The molecule has 0 spiro atoms. The number of benzene rings is 3. The van der Waals surface area contributed by atoms with Gasteiger partial charge in [-0.25, -0.2) is 4.79 Å². The number of fused-ring (bicyclic) bond motifs is 2. The van der Waals surface area contributed by atoms with Crippen LogP contribution in [0.15, 0.2) is 94.1 Å². The number of rotatable bonds is 3. The van der Waals surface area contributed by atoms with Gasteiger partial charge in [0.05, 0.1) is 11.3 Å². The first-order valence-electron chi connectivity index (χ1n) is 12.2. The predicted molar refractivity (Wildman–Crippen MR) is 144 cm³/mol. The monoisotopic (exact) mass is 553 g/mol. The standard InChI is InChI=1S/C31H24BrNO4/c1-31(2)15-23-26(24(34)16-31)25(27-28(33-23)21-5-3-4-6-22(21)29(27)35)17-9-13-20(14-10-17)37-30(36)18-7-11-19(32)12-8-18/h3-14,25,33H,15-16H2,1-2H3. The number of hydrogen-bond donors (Lipinski definition) is 1. The van der Waals surface area contributed by atoms with Gasteiger partial charge in [-0.15, -0.1) is 0 Å². The zero-order valence-electron chi connectivity index (χ0n) is 20.4. The molecule has 3 aromatic carbocycles. The Morgan fingerprint density at radius 1 is 0.892 bits per heavy atom. The lowest BCUT2D eigenvalue weighted by Gasteiger charge is -2.39. The highest BCUT2D eigenvalue weighted by molar-refractivity contribution is 9.10. The van der Waals surface area contributed by atoms with Crippen molar-refractivity contribution >= 4 is 39.2 Å². The smallest absolute Gasteiger partial charge is 0.343 e. The highest BCUT2D eigenvalue weighted by atomic mass is 79.9. The summed E-state index contributed by atoms with van der Waals surface area (Å²) < 4.78 is 6.45. The number of ketones is 2. The van der Waals surface area contributed by atoms with Crippen LogP contribution >= 0.6 is 15.9 Å². The lowest BCUT2D eigenvalue weighted by molar-refractivity contribution is -0.118. The lowest BCUT2D eigenvalue weighted by atomic mass is 9.68.